The van der Waals surface area contributed by atoms with Crippen molar-refractivity contribution in [3.05, 3.63) is 35.9 Å². The Morgan fingerprint density at radius 1 is 1.14 bits per heavy atom. The quantitative estimate of drug-likeness (QED) is 0.891. The highest BCUT2D eigenvalue weighted by Crippen LogP contribution is 2.30. The van der Waals surface area contributed by atoms with E-state index < -0.39 is 0 Å². The van der Waals surface area contributed by atoms with Crippen LogP contribution in [0.2, 0.25) is 0 Å². The van der Waals surface area contributed by atoms with E-state index in [0.29, 0.717) is 17.5 Å². The molecule has 1 aliphatic heterocycles. The highest BCUT2D eigenvalue weighted by Gasteiger charge is 2.23. The van der Waals surface area contributed by atoms with Gasteiger partial charge in [-0.15, -0.1) is 0 Å². The molecule has 1 saturated heterocycles. The molecule has 2 unspecified atom stereocenters. The van der Waals surface area contributed by atoms with Crippen LogP contribution >= 0.6 is 0 Å². The molecular weight excluding hydrogens is 256 g/mol. The summed E-state index contributed by atoms with van der Waals surface area (Å²) in [4.78, 5) is 2.46. The van der Waals surface area contributed by atoms with Crippen molar-refractivity contribution in [2.24, 2.45) is 5.41 Å². The fourth-order valence-electron chi connectivity index (χ4n) is 3.26. The van der Waals surface area contributed by atoms with Gasteiger partial charge in [0, 0.05) is 12.1 Å². The molecule has 0 amide bonds. The number of nitrogens with one attached hydrogen (secondary N) is 1. The van der Waals surface area contributed by atoms with E-state index in [9.17, 15) is 0 Å². The maximum atomic E-state index is 3.96. The molecule has 0 bridgehead atoms. The molecule has 0 spiro atoms. The van der Waals surface area contributed by atoms with Crippen molar-refractivity contribution in [1.29, 1.82) is 0 Å². The minimum Gasteiger partial charge on any atom is -0.307 e. The lowest BCUT2D eigenvalue weighted by Gasteiger charge is -2.31. The number of hydrogen-bond acceptors (Lipinski definition) is 2. The molecule has 0 saturated carbocycles. The van der Waals surface area contributed by atoms with Gasteiger partial charge in [0.15, 0.2) is 0 Å². The van der Waals surface area contributed by atoms with Crippen molar-refractivity contribution in [3.63, 3.8) is 0 Å². The number of likely N-dealkylation sites (tertiary alicyclic amines) is 1. The Kier molecular flexibility index (Phi) is 5.83. The molecule has 2 rings (SSSR count). The zero-order valence-corrected chi connectivity index (χ0v) is 14.2. The standard InChI is InChI=1S/C19H32N2/c1-19(2,3)15-18(16-9-6-5-7-10-16)20-17-11-8-13-21(4)14-12-17/h5-7,9-10,17-18,20H,8,11-15H2,1-4H3. The molecule has 1 aliphatic rings. The second-order valence-electron chi connectivity index (χ2n) is 7.83. The molecule has 0 aliphatic carbocycles. The summed E-state index contributed by atoms with van der Waals surface area (Å²) in [5, 5.41) is 3.96. The van der Waals surface area contributed by atoms with Gasteiger partial charge in [-0.2, -0.15) is 0 Å². The third kappa shape index (κ3) is 5.80. The summed E-state index contributed by atoms with van der Waals surface area (Å²) in [5.74, 6) is 0. The van der Waals surface area contributed by atoms with Crippen LogP contribution in [0.1, 0.15) is 58.1 Å². The Labute approximate surface area is 130 Å². The fraction of sp³-hybridized carbons (Fsp3) is 0.684. The van der Waals surface area contributed by atoms with Gasteiger partial charge in [-0.05, 0) is 56.8 Å². The summed E-state index contributed by atoms with van der Waals surface area (Å²) in [6, 6.07) is 12.1. The lowest BCUT2D eigenvalue weighted by atomic mass is 9.85. The molecule has 2 heteroatoms. The number of rotatable bonds is 4. The molecule has 21 heavy (non-hydrogen) atoms. The highest BCUT2D eigenvalue weighted by atomic mass is 15.1. The van der Waals surface area contributed by atoms with Crippen molar-refractivity contribution in [2.75, 3.05) is 20.1 Å². The van der Waals surface area contributed by atoms with Crippen LogP contribution < -0.4 is 5.32 Å². The molecule has 0 radical (unpaired) electrons. The normalized spacial score (nSPS) is 22.8. The summed E-state index contributed by atoms with van der Waals surface area (Å²) >= 11 is 0. The molecule has 1 N–H and O–H groups in total. The lowest BCUT2D eigenvalue weighted by molar-refractivity contribution is 0.281. The first kappa shape index (κ1) is 16.5. The third-order valence-corrected chi connectivity index (χ3v) is 4.41. The van der Waals surface area contributed by atoms with Gasteiger partial charge in [0.25, 0.3) is 0 Å². The van der Waals surface area contributed by atoms with Gasteiger partial charge in [0.05, 0.1) is 0 Å². The van der Waals surface area contributed by atoms with E-state index in [0.717, 1.165) is 0 Å². The molecule has 2 atom stereocenters. The van der Waals surface area contributed by atoms with E-state index in [1.807, 2.05) is 0 Å². The Balaban J connectivity index is 2.05. The van der Waals surface area contributed by atoms with E-state index in [4.69, 9.17) is 0 Å². The monoisotopic (exact) mass is 288 g/mol. The number of hydrogen-bond donors (Lipinski definition) is 1. The minimum atomic E-state index is 0.342. The predicted molar refractivity (Wildman–Crippen MR) is 91.5 cm³/mol. The van der Waals surface area contributed by atoms with E-state index >= 15 is 0 Å². The number of nitrogens with zero attached hydrogens (tertiary/aromatic N) is 1. The lowest BCUT2D eigenvalue weighted by Crippen LogP contribution is -2.35. The Bertz CT molecular complexity index is 407. The molecule has 1 fully saturated rings. The predicted octanol–water partition coefficient (Wildman–Crippen LogP) is 4.24. The molecule has 118 valence electrons. The van der Waals surface area contributed by atoms with Crippen LogP contribution in [0, 0.1) is 5.41 Å². The van der Waals surface area contributed by atoms with Crippen molar-refractivity contribution in [3.8, 4) is 0 Å². The maximum Gasteiger partial charge on any atom is 0.0327 e. The zero-order chi connectivity index (χ0) is 15.3. The topological polar surface area (TPSA) is 15.3 Å². The maximum absolute atomic E-state index is 3.96. The van der Waals surface area contributed by atoms with Crippen LogP contribution in [-0.2, 0) is 0 Å². The van der Waals surface area contributed by atoms with Gasteiger partial charge in [-0.3, -0.25) is 0 Å². The molecule has 1 heterocycles. The van der Waals surface area contributed by atoms with Gasteiger partial charge in [-0.1, -0.05) is 51.1 Å². The van der Waals surface area contributed by atoms with E-state index in [2.05, 4.69) is 68.4 Å². The van der Waals surface area contributed by atoms with Crippen molar-refractivity contribution in [2.45, 2.75) is 58.5 Å². The molecular formula is C19H32N2. The smallest absolute Gasteiger partial charge is 0.0327 e. The average molecular weight is 288 g/mol. The van der Waals surface area contributed by atoms with Gasteiger partial charge < -0.3 is 10.2 Å². The summed E-state index contributed by atoms with van der Waals surface area (Å²) in [7, 11) is 2.24. The van der Waals surface area contributed by atoms with Gasteiger partial charge in [0.1, 0.15) is 0 Å². The first-order chi connectivity index (χ1) is 9.94. The van der Waals surface area contributed by atoms with E-state index in [1.165, 1.54) is 44.3 Å². The second kappa shape index (κ2) is 7.42. The van der Waals surface area contributed by atoms with Gasteiger partial charge >= 0.3 is 0 Å². The van der Waals surface area contributed by atoms with E-state index in [1.54, 1.807) is 0 Å². The Hall–Kier alpha value is -0.860. The molecule has 2 nitrogen and oxygen atoms in total. The van der Waals surface area contributed by atoms with E-state index in [-0.39, 0.29) is 0 Å². The SMILES string of the molecule is CN1CCCC(NC(CC(C)(C)C)c2ccccc2)CC1. The molecule has 1 aromatic carbocycles. The molecule has 1 aromatic rings. The Morgan fingerprint density at radius 2 is 1.86 bits per heavy atom. The average Bonchev–Trinajstić information content (AvgIpc) is 2.63. The van der Waals surface area contributed by atoms with Gasteiger partial charge in [-0.25, -0.2) is 0 Å². The minimum absolute atomic E-state index is 0.342. The van der Waals surface area contributed by atoms with Crippen molar-refractivity contribution < 1.29 is 0 Å². The van der Waals surface area contributed by atoms with Crippen molar-refractivity contribution in [1.82, 2.24) is 10.2 Å². The second-order valence-corrected chi connectivity index (χ2v) is 7.83. The third-order valence-electron chi connectivity index (χ3n) is 4.41. The Morgan fingerprint density at radius 3 is 2.52 bits per heavy atom. The van der Waals surface area contributed by atoms with Crippen LogP contribution in [0.5, 0.6) is 0 Å². The summed E-state index contributed by atoms with van der Waals surface area (Å²) < 4.78 is 0. The molecule has 0 aromatic heterocycles. The largest absolute Gasteiger partial charge is 0.307 e. The highest BCUT2D eigenvalue weighted by molar-refractivity contribution is 5.19. The number of benzene rings is 1. The van der Waals surface area contributed by atoms with Crippen LogP contribution in [0.4, 0.5) is 0 Å². The van der Waals surface area contributed by atoms with Crippen LogP contribution in [0.3, 0.4) is 0 Å². The summed E-state index contributed by atoms with van der Waals surface area (Å²) in [5.41, 5.74) is 1.78. The summed E-state index contributed by atoms with van der Waals surface area (Å²) in [6.07, 6.45) is 5.07. The van der Waals surface area contributed by atoms with Crippen molar-refractivity contribution >= 4 is 0 Å². The summed E-state index contributed by atoms with van der Waals surface area (Å²) in [6.45, 7) is 9.48. The zero-order valence-electron chi connectivity index (χ0n) is 14.2. The van der Waals surface area contributed by atoms with Crippen LogP contribution in [0.15, 0.2) is 30.3 Å². The van der Waals surface area contributed by atoms with Crippen LogP contribution in [-0.4, -0.2) is 31.1 Å². The fourth-order valence-corrected chi connectivity index (χ4v) is 3.26. The first-order valence-electron chi connectivity index (χ1n) is 8.43. The van der Waals surface area contributed by atoms with Crippen LogP contribution in [0.25, 0.3) is 0 Å². The first-order valence-corrected chi connectivity index (χ1v) is 8.43. The van der Waals surface area contributed by atoms with Gasteiger partial charge in [0.2, 0.25) is 0 Å².